The Balaban J connectivity index is 2.65. The third-order valence-electron chi connectivity index (χ3n) is 4.38. The van der Waals surface area contributed by atoms with Crippen LogP contribution in [0.15, 0.2) is 0 Å². The Morgan fingerprint density at radius 3 is 2.56 bits per heavy atom. The van der Waals surface area contributed by atoms with Crippen molar-refractivity contribution in [1.82, 2.24) is 0 Å². The highest BCUT2D eigenvalue weighted by Crippen LogP contribution is 2.35. The van der Waals surface area contributed by atoms with Gasteiger partial charge in [-0.1, -0.05) is 33.1 Å². The molecule has 1 fully saturated rings. The molecule has 0 spiro atoms. The number of Topliss-reactive ketones (excluding diaryl/α,β-unsaturated/α-hetero) is 1. The van der Waals surface area contributed by atoms with Crippen molar-refractivity contribution in [2.75, 3.05) is 7.11 Å². The fourth-order valence-electron chi connectivity index (χ4n) is 2.75. The fourth-order valence-corrected chi connectivity index (χ4v) is 2.75. The normalized spacial score (nSPS) is 29.8. The maximum absolute atomic E-state index is 12.4. The number of rotatable bonds is 5. The molecule has 0 N–H and O–H groups in total. The van der Waals surface area contributed by atoms with Crippen molar-refractivity contribution >= 4 is 5.78 Å². The predicted molar refractivity (Wildman–Crippen MR) is 66.5 cm³/mol. The van der Waals surface area contributed by atoms with E-state index < -0.39 is 5.60 Å². The van der Waals surface area contributed by atoms with Crippen LogP contribution in [0.4, 0.5) is 0 Å². The van der Waals surface area contributed by atoms with Crippen LogP contribution in [-0.2, 0) is 9.53 Å². The average molecular weight is 226 g/mol. The van der Waals surface area contributed by atoms with Crippen LogP contribution < -0.4 is 0 Å². The van der Waals surface area contributed by atoms with Gasteiger partial charge in [0, 0.05) is 13.0 Å². The molecule has 1 rings (SSSR count). The molecule has 0 aromatic rings. The van der Waals surface area contributed by atoms with Crippen molar-refractivity contribution < 1.29 is 9.53 Å². The molecule has 1 aliphatic carbocycles. The largest absolute Gasteiger partial charge is 0.371 e. The number of methoxy groups -OCH3 is 1. The molecule has 0 aliphatic heterocycles. The maximum Gasteiger partial charge on any atom is 0.167 e. The minimum absolute atomic E-state index is 0.239. The van der Waals surface area contributed by atoms with Crippen LogP contribution in [0.3, 0.4) is 0 Å². The summed E-state index contributed by atoms with van der Waals surface area (Å²) in [6, 6.07) is 0. The summed E-state index contributed by atoms with van der Waals surface area (Å²) in [7, 11) is 1.65. The molecule has 0 amide bonds. The standard InChI is InChI=1S/C14H26O2/c1-5-11-8-7-9-12(10-11)13(15)14(3,6-2)16-4/h11-12H,5-10H2,1-4H3. The number of carbonyl (C=O) groups is 1. The highest BCUT2D eigenvalue weighted by atomic mass is 16.5. The van der Waals surface area contributed by atoms with Crippen molar-refractivity contribution in [1.29, 1.82) is 0 Å². The van der Waals surface area contributed by atoms with Gasteiger partial charge in [-0.25, -0.2) is 0 Å². The Morgan fingerprint density at radius 2 is 2.06 bits per heavy atom. The Bertz CT molecular complexity index is 231. The van der Waals surface area contributed by atoms with E-state index in [1.54, 1.807) is 7.11 Å². The lowest BCUT2D eigenvalue weighted by molar-refractivity contribution is -0.145. The molecule has 1 aliphatic rings. The van der Waals surface area contributed by atoms with Crippen LogP contribution in [-0.4, -0.2) is 18.5 Å². The van der Waals surface area contributed by atoms with Crippen LogP contribution >= 0.6 is 0 Å². The van der Waals surface area contributed by atoms with Gasteiger partial charge in [0.1, 0.15) is 5.60 Å². The summed E-state index contributed by atoms with van der Waals surface area (Å²) >= 11 is 0. The zero-order valence-electron chi connectivity index (χ0n) is 11.2. The van der Waals surface area contributed by atoms with Crippen LogP contribution in [0.1, 0.15) is 59.3 Å². The molecule has 0 heterocycles. The van der Waals surface area contributed by atoms with Crippen LogP contribution in [0, 0.1) is 11.8 Å². The molecule has 0 saturated heterocycles. The second kappa shape index (κ2) is 5.81. The summed E-state index contributed by atoms with van der Waals surface area (Å²) in [4.78, 5) is 12.4. The van der Waals surface area contributed by atoms with Crippen molar-refractivity contribution in [3.05, 3.63) is 0 Å². The van der Waals surface area contributed by atoms with E-state index in [9.17, 15) is 4.79 Å². The summed E-state index contributed by atoms with van der Waals surface area (Å²) < 4.78 is 5.42. The van der Waals surface area contributed by atoms with Crippen molar-refractivity contribution in [2.45, 2.75) is 64.9 Å². The fraction of sp³-hybridized carbons (Fsp3) is 0.929. The van der Waals surface area contributed by atoms with Gasteiger partial charge in [0.15, 0.2) is 5.78 Å². The molecule has 2 nitrogen and oxygen atoms in total. The van der Waals surface area contributed by atoms with E-state index in [4.69, 9.17) is 4.74 Å². The van der Waals surface area contributed by atoms with Crippen molar-refractivity contribution in [2.24, 2.45) is 11.8 Å². The highest BCUT2D eigenvalue weighted by Gasteiger charge is 2.38. The van der Waals surface area contributed by atoms with E-state index in [1.807, 2.05) is 13.8 Å². The van der Waals surface area contributed by atoms with E-state index in [0.717, 1.165) is 25.2 Å². The van der Waals surface area contributed by atoms with E-state index in [1.165, 1.54) is 19.3 Å². The average Bonchev–Trinajstić information content (AvgIpc) is 2.37. The third-order valence-corrected chi connectivity index (χ3v) is 4.38. The summed E-state index contributed by atoms with van der Waals surface area (Å²) in [5.74, 6) is 1.32. The topological polar surface area (TPSA) is 26.3 Å². The van der Waals surface area contributed by atoms with Gasteiger partial charge >= 0.3 is 0 Å². The lowest BCUT2D eigenvalue weighted by Crippen LogP contribution is -2.42. The van der Waals surface area contributed by atoms with E-state index in [0.29, 0.717) is 5.78 Å². The number of ether oxygens (including phenoxy) is 1. The second-order valence-corrected chi connectivity index (χ2v) is 5.29. The Morgan fingerprint density at radius 1 is 1.38 bits per heavy atom. The highest BCUT2D eigenvalue weighted by molar-refractivity contribution is 5.89. The summed E-state index contributed by atoms with van der Waals surface area (Å²) in [5.41, 5.74) is -0.555. The van der Waals surface area contributed by atoms with Crippen LogP contribution in [0.2, 0.25) is 0 Å². The maximum atomic E-state index is 12.4. The van der Waals surface area contributed by atoms with E-state index >= 15 is 0 Å². The number of hydrogen-bond donors (Lipinski definition) is 0. The second-order valence-electron chi connectivity index (χ2n) is 5.29. The molecule has 3 atom stereocenters. The predicted octanol–water partition coefficient (Wildman–Crippen LogP) is 3.59. The molecular weight excluding hydrogens is 200 g/mol. The SMILES string of the molecule is CCC1CCCC(C(=O)C(C)(CC)OC)C1. The number of hydrogen-bond acceptors (Lipinski definition) is 2. The van der Waals surface area contributed by atoms with Gasteiger partial charge in [0.05, 0.1) is 0 Å². The zero-order valence-corrected chi connectivity index (χ0v) is 11.2. The summed E-state index contributed by atoms with van der Waals surface area (Å²) in [6.07, 6.45) is 6.63. The third kappa shape index (κ3) is 2.85. The van der Waals surface area contributed by atoms with Gasteiger partial charge in [-0.05, 0) is 32.1 Å². The smallest absolute Gasteiger partial charge is 0.167 e. The van der Waals surface area contributed by atoms with Crippen LogP contribution in [0.25, 0.3) is 0 Å². The van der Waals surface area contributed by atoms with E-state index in [2.05, 4.69) is 6.92 Å². The molecule has 2 heteroatoms. The van der Waals surface area contributed by atoms with Gasteiger partial charge in [-0.2, -0.15) is 0 Å². The van der Waals surface area contributed by atoms with Crippen molar-refractivity contribution in [3.63, 3.8) is 0 Å². The summed E-state index contributed by atoms with van der Waals surface area (Å²) in [5, 5.41) is 0. The van der Waals surface area contributed by atoms with Gasteiger partial charge in [0.2, 0.25) is 0 Å². The molecule has 94 valence electrons. The molecule has 0 aromatic heterocycles. The molecule has 0 aromatic carbocycles. The Hall–Kier alpha value is -0.370. The first-order valence-corrected chi connectivity index (χ1v) is 6.66. The van der Waals surface area contributed by atoms with E-state index in [-0.39, 0.29) is 5.92 Å². The van der Waals surface area contributed by atoms with Crippen LogP contribution in [0.5, 0.6) is 0 Å². The minimum Gasteiger partial charge on any atom is -0.371 e. The molecule has 1 saturated carbocycles. The van der Waals surface area contributed by atoms with Gasteiger partial charge in [-0.15, -0.1) is 0 Å². The molecule has 0 bridgehead atoms. The van der Waals surface area contributed by atoms with Crippen molar-refractivity contribution in [3.8, 4) is 0 Å². The van der Waals surface area contributed by atoms with Gasteiger partial charge < -0.3 is 4.74 Å². The number of carbonyl (C=O) groups excluding carboxylic acids is 1. The first-order chi connectivity index (χ1) is 7.57. The molecular formula is C14H26O2. The molecule has 3 unspecified atom stereocenters. The Kier molecular flexibility index (Phi) is 4.97. The monoisotopic (exact) mass is 226 g/mol. The van der Waals surface area contributed by atoms with Gasteiger partial charge in [-0.3, -0.25) is 4.79 Å². The molecule has 0 radical (unpaired) electrons. The first kappa shape index (κ1) is 13.7. The Labute approximate surface area is 99.8 Å². The zero-order chi connectivity index (χ0) is 12.2. The minimum atomic E-state index is -0.555. The van der Waals surface area contributed by atoms with Gasteiger partial charge in [0.25, 0.3) is 0 Å². The summed E-state index contributed by atoms with van der Waals surface area (Å²) in [6.45, 7) is 6.19. The quantitative estimate of drug-likeness (QED) is 0.716. The lowest BCUT2D eigenvalue weighted by Gasteiger charge is -2.34. The molecule has 16 heavy (non-hydrogen) atoms. The first-order valence-electron chi connectivity index (χ1n) is 6.66. The number of ketones is 1. The lowest BCUT2D eigenvalue weighted by atomic mass is 9.74.